The van der Waals surface area contributed by atoms with Crippen LogP contribution in [0.2, 0.25) is 0 Å². The molecule has 20 heavy (non-hydrogen) atoms. The van der Waals surface area contributed by atoms with Gasteiger partial charge in [0.05, 0.1) is 7.11 Å². The summed E-state index contributed by atoms with van der Waals surface area (Å²) < 4.78 is 6.35. The molecule has 0 bridgehead atoms. The molecule has 0 aliphatic heterocycles. The van der Waals surface area contributed by atoms with E-state index in [-0.39, 0.29) is 0 Å². The summed E-state index contributed by atoms with van der Waals surface area (Å²) in [7, 11) is 1.69. The summed E-state index contributed by atoms with van der Waals surface area (Å²) in [6.07, 6.45) is 0. The van der Waals surface area contributed by atoms with Gasteiger partial charge in [0.1, 0.15) is 5.75 Å². The van der Waals surface area contributed by atoms with Gasteiger partial charge in [0, 0.05) is 28.2 Å². The summed E-state index contributed by atoms with van der Waals surface area (Å²) in [4.78, 5) is 1.32. The van der Waals surface area contributed by atoms with Crippen molar-refractivity contribution >= 4 is 27.7 Å². The Balaban J connectivity index is 1.73. The average Bonchev–Trinajstić information content (AvgIpc) is 2.50. The van der Waals surface area contributed by atoms with Crippen LogP contribution in [0.4, 0.5) is 0 Å². The van der Waals surface area contributed by atoms with Crippen molar-refractivity contribution in [1.29, 1.82) is 0 Å². The van der Waals surface area contributed by atoms with Crippen molar-refractivity contribution in [3.05, 3.63) is 58.6 Å². The van der Waals surface area contributed by atoms with Crippen LogP contribution in [-0.2, 0) is 6.54 Å². The molecule has 0 spiro atoms. The van der Waals surface area contributed by atoms with E-state index in [0.29, 0.717) is 0 Å². The molecule has 2 rings (SSSR count). The Morgan fingerprint density at radius 1 is 1.15 bits per heavy atom. The van der Waals surface area contributed by atoms with E-state index in [4.69, 9.17) is 4.74 Å². The zero-order chi connectivity index (χ0) is 14.2. The van der Waals surface area contributed by atoms with Gasteiger partial charge in [-0.2, -0.15) is 0 Å². The molecular weight excluding hydrogens is 334 g/mol. The highest BCUT2D eigenvalue weighted by Gasteiger charge is 2.01. The Morgan fingerprint density at radius 3 is 2.70 bits per heavy atom. The molecule has 0 aliphatic rings. The van der Waals surface area contributed by atoms with Crippen LogP contribution < -0.4 is 10.1 Å². The van der Waals surface area contributed by atoms with Crippen LogP contribution in [-0.4, -0.2) is 19.4 Å². The zero-order valence-corrected chi connectivity index (χ0v) is 13.8. The molecule has 0 amide bonds. The summed E-state index contributed by atoms with van der Waals surface area (Å²) in [5.41, 5.74) is 1.22. The van der Waals surface area contributed by atoms with Crippen LogP contribution in [0.1, 0.15) is 5.56 Å². The van der Waals surface area contributed by atoms with E-state index >= 15 is 0 Å². The molecule has 2 aromatic carbocycles. The lowest BCUT2D eigenvalue weighted by atomic mass is 10.2. The van der Waals surface area contributed by atoms with E-state index in [1.165, 1.54) is 10.5 Å². The molecule has 1 N–H and O–H groups in total. The lowest BCUT2D eigenvalue weighted by molar-refractivity contribution is 0.414. The van der Waals surface area contributed by atoms with Gasteiger partial charge in [0.2, 0.25) is 0 Å². The number of benzene rings is 2. The minimum atomic E-state index is 0.840. The molecule has 0 heterocycles. The minimum Gasteiger partial charge on any atom is -0.497 e. The van der Waals surface area contributed by atoms with Crippen LogP contribution >= 0.6 is 27.7 Å². The molecule has 2 nitrogen and oxygen atoms in total. The van der Waals surface area contributed by atoms with Crippen molar-refractivity contribution in [2.45, 2.75) is 11.4 Å². The SMILES string of the molecule is COc1ccc(Br)c(CNCCSc2ccccc2)c1. The first-order valence-electron chi connectivity index (χ1n) is 6.50. The third-order valence-corrected chi connectivity index (χ3v) is 4.65. The Labute approximate surface area is 133 Å². The first-order chi connectivity index (χ1) is 9.79. The van der Waals surface area contributed by atoms with Crippen LogP contribution in [0.25, 0.3) is 0 Å². The van der Waals surface area contributed by atoms with Gasteiger partial charge in [0.25, 0.3) is 0 Å². The largest absolute Gasteiger partial charge is 0.497 e. The predicted molar refractivity (Wildman–Crippen MR) is 89.6 cm³/mol. The number of methoxy groups -OCH3 is 1. The average molecular weight is 352 g/mol. The lowest BCUT2D eigenvalue weighted by Crippen LogP contribution is -2.16. The van der Waals surface area contributed by atoms with E-state index in [2.05, 4.69) is 51.6 Å². The number of hydrogen-bond acceptors (Lipinski definition) is 3. The quantitative estimate of drug-likeness (QED) is 0.592. The van der Waals surface area contributed by atoms with Crippen LogP contribution in [0.5, 0.6) is 5.75 Å². The van der Waals surface area contributed by atoms with Gasteiger partial charge >= 0.3 is 0 Å². The number of ether oxygens (including phenoxy) is 1. The summed E-state index contributed by atoms with van der Waals surface area (Å²) in [5, 5.41) is 3.46. The maximum Gasteiger partial charge on any atom is 0.119 e. The summed E-state index contributed by atoms with van der Waals surface area (Å²) in [6.45, 7) is 1.82. The van der Waals surface area contributed by atoms with Crippen LogP contribution in [0.15, 0.2) is 57.9 Å². The lowest BCUT2D eigenvalue weighted by Gasteiger charge is -2.09. The fourth-order valence-corrected chi connectivity index (χ4v) is 3.01. The van der Waals surface area contributed by atoms with Gasteiger partial charge in [-0.05, 0) is 35.9 Å². The highest BCUT2D eigenvalue weighted by atomic mass is 79.9. The number of nitrogens with one attached hydrogen (secondary N) is 1. The second-order valence-corrected chi connectivity index (χ2v) is 6.32. The second kappa shape index (κ2) is 8.35. The molecule has 106 valence electrons. The van der Waals surface area contributed by atoms with Crippen molar-refractivity contribution < 1.29 is 4.74 Å². The molecule has 4 heteroatoms. The number of thioether (sulfide) groups is 1. The molecule has 0 atom stereocenters. The van der Waals surface area contributed by atoms with Gasteiger partial charge in [-0.15, -0.1) is 11.8 Å². The predicted octanol–water partition coefficient (Wildman–Crippen LogP) is 4.34. The number of rotatable bonds is 7. The standard InChI is InChI=1S/C16H18BrNOS/c1-19-14-7-8-16(17)13(11-14)12-18-9-10-20-15-5-3-2-4-6-15/h2-8,11,18H,9-10,12H2,1H3. The highest BCUT2D eigenvalue weighted by Crippen LogP contribution is 2.22. The first-order valence-corrected chi connectivity index (χ1v) is 8.28. The van der Waals surface area contributed by atoms with E-state index in [0.717, 1.165) is 29.1 Å². The van der Waals surface area contributed by atoms with E-state index < -0.39 is 0 Å². The Bertz CT molecular complexity index is 533. The van der Waals surface area contributed by atoms with E-state index in [9.17, 15) is 0 Å². The third kappa shape index (κ3) is 4.85. The monoisotopic (exact) mass is 351 g/mol. The fourth-order valence-electron chi connectivity index (χ4n) is 1.79. The van der Waals surface area contributed by atoms with Crippen molar-refractivity contribution in [3.8, 4) is 5.75 Å². The van der Waals surface area contributed by atoms with Gasteiger partial charge in [-0.1, -0.05) is 34.1 Å². The molecule has 0 saturated carbocycles. The minimum absolute atomic E-state index is 0.840. The maximum atomic E-state index is 5.24. The van der Waals surface area contributed by atoms with Crippen molar-refractivity contribution in [1.82, 2.24) is 5.32 Å². The molecule has 0 aliphatic carbocycles. The smallest absolute Gasteiger partial charge is 0.119 e. The topological polar surface area (TPSA) is 21.3 Å². The molecule has 0 radical (unpaired) electrons. The fraction of sp³-hybridized carbons (Fsp3) is 0.250. The molecule has 0 saturated heterocycles. The molecule has 0 fully saturated rings. The number of halogens is 1. The molecule has 0 unspecified atom stereocenters. The Hall–Kier alpha value is -0.970. The van der Waals surface area contributed by atoms with Crippen LogP contribution in [0.3, 0.4) is 0 Å². The Kier molecular flexibility index (Phi) is 6.43. The molecular formula is C16H18BrNOS. The van der Waals surface area contributed by atoms with Gasteiger partial charge in [0.15, 0.2) is 0 Å². The van der Waals surface area contributed by atoms with Crippen molar-refractivity contribution in [3.63, 3.8) is 0 Å². The second-order valence-electron chi connectivity index (χ2n) is 4.30. The third-order valence-electron chi connectivity index (χ3n) is 2.86. The zero-order valence-electron chi connectivity index (χ0n) is 11.4. The highest BCUT2D eigenvalue weighted by molar-refractivity contribution is 9.10. The Morgan fingerprint density at radius 2 is 1.95 bits per heavy atom. The number of hydrogen-bond donors (Lipinski definition) is 1. The maximum absolute atomic E-state index is 5.24. The summed E-state index contributed by atoms with van der Waals surface area (Å²) in [5.74, 6) is 1.95. The van der Waals surface area contributed by atoms with E-state index in [1.807, 2.05) is 30.0 Å². The van der Waals surface area contributed by atoms with Gasteiger partial charge in [-0.25, -0.2) is 0 Å². The summed E-state index contributed by atoms with van der Waals surface area (Å²) >= 11 is 5.43. The summed E-state index contributed by atoms with van der Waals surface area (Å²) in [6, 6.07) is 16.5. The van der Waals surface area contributed by atoms with Crippen molar-refractivity contribution in [2.24, 2.45) is 0 Å². The first kappa shape index (κ1) is 15.4. The molecule has 2 aromatic rings. The van der Waals surface area contributed by atoms with Crippen molar-refractivity contribution in [2.75, 3.05) is 19.4 Å². The molecule has 0 aromatic heterocycles. The van der Waals surface area contributed by atoms with Gasteiger partial charge in [-0.3, -0.25) is 0 Å². The normalized spacial score (nSPS) is 10.5. The van der Waals surface area contributed by atoms with Gasteiger partial charge < -0.3 is 10.1 Å². The van der Waals surface area contributed by atoms with Crippen LogP contribution in [0, 0.1) is 0 Å². The van der Waals surface area contributed by atoms with E-state index in [1.54, 1.807) is 7.11 Å².